The number of carbonyl (C=O) groups excluding carboxylic acids is 1. The number of aliphatic imine (C=N–C) groups is 2. The average molecular weight is 406 g/mol. The number of ketones is 1. The van der Waals surface area contributed by atoms with E-state index in [1.54, 1.807) is 12.4 Å². The van der Waals surface area contributed by atoms with E-state index in [1.807, 2.05) is 36.5 Å². The second kappa shape index (κ2) is 6.63. The van der Waals surface area contributed by atoms with E-state index in [0.717, 1.165) is 45.0 Å². The number of quaternary nitrogens is 1. The summed E-state index contributed by atoms with van der Waals surface area (Å²) in [6.45, 7) is 0. The number of fused-ring (bicyclic) bond motifs is 2. The fourth-order valence-corrected chi connectivity index (χ4v) is 4.44. The largest absolute Gasteiger partial charge is 0.300 e. The Morgan fingerprint density at radius 1 is 0.968 bits per heavy atom. The van der Waals surface area contributed by atoms with Gasteiger partial charge in [-0.3, -0.25) is 9.79 Å². The van der Waals surface area contributed by atoms with Gasteiger partial charge in [0.25, 0.3) is 0 Å². The average Bonchev–Trinajstić information content (AvgIpc) is 3.09. The zero-order valence-corrected chi connectivity index (χ0v) is 16.8. The maximum absolute atomic E-state index is 11.6. The molecule has 3 aromatic rings. The van der Waals surface area contributed by atoms with Crippen LogP contribution in [0, 0.1) is 5.92 Å². The molecule has 0 radical (unpaired) electrons. The van der Waals surface area contributed by atoms with Crippen LogP contribution in [0.2, 0.25) is 0 Å². The van der Waals surface area contributed by atoms with E-state index < -0.39 is 0 Å². The van der Waals surface area contributed by atoms with E-state index in [2.05, 4.69) is 35.3 Å². The molecule has 1 fully saturated rings. The number of hydrogen-bond acceptors (Lipinski definition) is 5. The summed E-state index contributed by atoms with van der Waals surface area (Å²) in [4.78, 5) is 25.7. The summed E-state index contributed by atoms with van der Waals surface area (Å²) in [5, 5.41) is 1.06. The van der Waals surface area contributed by atoms with E-state index in [4.69, 9.17) is 15.8 Å². The smallest absolute Gasteiger partial charge is 0.237 e. The van der Waals surface area contributed by atoms with Crippen LogP contribution in [-0.4, -0.2) is 27.4 Å². The molecule has 0 spiro atoms. The number of amidine groups is 1. The summed E-state index contributed by atoms with van der Waals surface area (Å²) in [6, 6.07) is 20.4. The minimum Gasteiger partial charge on any atom is -0.300 e. The lowest BCUT2D eigenvalue weighted by Gasteiger charge is -2.32. The first kappa shape index (κ1) is 18.1. The van der Waals surface area contributed by atoms with Crippen LogP contribution in [0.1, 0.15) is 18.4 Å². The van der Waals surface area contributed by atoms with Gasteiger partial charge in [0.1, 0.15) is 17.7 Å². The zero-order valence-electron chi connectivity index (χ0n) is 16.8. The van der Waals surface area contributed by atoms with Crippen LogP contribution in [0.4, 0.5) is 0 Å². The number of nitrogens with zero attached hydrogens (tertiary/aromatic N) is 4. The maximum atomic E-state index is 11.6. The van der Waals surface area contributed by atoms with Crippen LogP contribution in [-0.2, 0) is 4.79 Å². The normalized spacial score (nSPS) is 22.6. The lowest BCUT2D eigenvalue weighted by molar-refractivity contribution is -0.754. The van der Waals surface area contributed by atoms with Gasteiger partial charge >= 0.3 is 0 Å². The number of Topliss-reactive ketones (excluding diaryl/α,β-unsaturated/α-hetero) is 1. The van der Waals surface area contributed by atoms with Crippen molar-refractivity contribution in [1.82, 2.24) is 4.98 Å². The Balaban J connectivity index is 1.47. The molecule has 0 amide bonds. The van der Waals surface area contributed by atoms with Gasteiger partial charge in [-0.2, -0.15) is 10.8 Å². The molecular formula is C25H20N5O+. The molecule has 31 heavy (non-hydrogen) atoms. The van der Waals surface area contributed by atoms with Crippen molar-refractivity contribution in [2.24, 2.45) is 21.7 Å². The van der Waals surface area contributed by atoms with Gasteiger partial charge in [0, 0.05) is 29.4 Å². The molecule has 6 heteroatoms. The standard InChI is InChI=1S/C25H20N5O/c26-30-11-10-27-15-23(30)24(29-25(30)19-12-20(31)13-19)18-7-6-17-8-9-21(28-22(17)14-18)16-4-2-1-3-5-16/h1-11,14-15,19H,12-13,26H2/q+1. The molecule has 0 saturated heterocycles. The van der Waals surface area contributed by atoms with Gasteiger partial charge in [-0.05, 0) is 12.1 Å². The molecule has 1 aliphatic carbocycles. The SMILES string of the molecule is N[N+]12C=CN=CC1=C(c1ccc3ccc(-c4ccccc4)nc3c1)N=C2C1CC(=O)C1. The molecule has 6 nitrogen and oxygen atoms in total. The Kier molecular flexibility index (Phi) is 3.86. The topological polar surface area (TPSA) is 80.7 Å². The highest BCUT2D eigenvalue weighted by atomic mass is 16.1. The lowest BCUT2D eigenvalue weighted by Crippen LogP contribution is -2.57. The Morgan fingerprint density at radius 2 is 1.77 bits per heavy atom. The van der Waals surface area contributed by atoms with Crippen molar-refractivity contribution >= 4 is 34.4 Å². The monoisotopic (exact) mass is 406 g/mol. The highest BCUT2D eigenvalue weighted by Gasteiger charge is 2.50. The van der Waals surface area contributed by atoms with Gasteiger partial charge in [-0.25, -0.2) is 4.98 Å². The highest BCUT2D eigenvalue weighted by Crippen LogP contribution is 2.40. The maximum Gasteiger partial charge on any atom is 0.237 e. The van der Waals surface area contributed by atoms with Gasteiger partial charge in [0.2, 0.25) is 11.5 Å². The van der Waals surface area contributed by atoms with Crippen molar-refractivity contribution in [3.05, 3.63) is 84.3 Å². The van der Waals surface area contributed by atoms with Gasteiger partial charge < -0.3 is 0 Å². The molecule has 1 saturated carbocycles. The fourth-order valence-electron chi connectivity index (χ4n) is 4.44. The Labute approximate surface area is 179 Å². The third kappa shape index (κ3) is 2.80. The number of hydrogen-bond donors (Lipinski definition) is 1. The van der Waals surface area contributed by atoms with Crippen LogP contribution in [0.3, 0.4) is 0 Å². The first-order valence-electron chi connectivity index (χ1n) is 10.3. The van der Waals surface area contributed by atoms with Gasteiger partial charge in [-0.1, -0.05) is 48.5 Å². The number of aromatic nitrogens is 1. The van der Waals surface area contributed by atoms with Gasteiger partial charge in [0.05, 0.1) is 29.5 Å². The first-order chi connectivity index (χ1) is 15.1. The van der Waals surface area contributed by atoms with E-state index in [9.17, 15) is 4.79 Å². The van der Waals surface area contributed by atoms with E-state index >= 15 is 0 Å². The summed E-state index contributed by atoms with van der Waals surface area (Å²) in [7, 11) is 0. The number of benzene rings is 2. The van der Waals surface area contributed by atoms with Crippen molar-refractivity contribution in [3.63, 3.8) is 0 Å². The molecule has 1 unspecified atom stereocenters. The molecular weight excluding hydrogens is 386 g/mol. The van der Waals surface area contributed by atoms with E-state index in [1.165, 1.54) is 0 Å². The van der Waals surface area contributed by atoms with Crippen LogP contribution < -0.4 is 5.84 Å². The predicted octanol–water partition coefficient (Wildman–Crippen LogP) is 4.21. The molecule has 150 valence electrons. The Morgan fingerprint density at radius 3 is 2.58 bits per heavy atom. The Hall–Kier alpha value is -3.74. The lowest BCUT2D eigenvalue weighted by atomic mass is 9.82. The van der Waals surface area contributed by atoms with E-state index in [-0.39, 0.29) is 16.3 Å². The predicted molar refractivity (Wildman–Crippen MR) is 121 cm³/mol. The minimum absolute atomic E-state index is 0.00764. The third-order valence-corrected chi connectivity index (χ3v) is 6.18. The summed E-state index contributed by atoms with van der Waals surface area (Å²) in [5.74, 6) is 7.88. The molecule has 2 N–H and O–H groups in total. The molecule has 3 heterocycles. The second-order valence-electron chi connectivity index (χ2n) is 8.17. The second-order valence-corrected chi connectivity index (χ2v) is 8.17. The molecule has 3 aliphatic rings. The van der Waals surface area contributed by atoms with Crippen LogP contribution >= 0.6 is 0 Å². The quantitative estimate of drug-likeness (QED) is 0.523. The van der Waals surface area contributed by atoms with Crippen LogP contribution in [0.5, 0.6) is 0 Å². The number of nitrogens with two attached hydrogens (primary N) is 1. The molecule has 0 bridgehead atoms. The van der Waals surface area contributed by atoms with Gasteiger partial charge in [0.15, 0.2) is 0 Å². The first-order valence-corrected chi connectivity index (χ1v) is 10.3. The number of allylic oxidation sites excluding steroid dienone is 1. The summed E-state index contributed by atoms with van der Waals surface area (Å²) >= 11 is 0. The molecule has 1 atom stereocenters. The number of pyridine rings is 1. The van der Waals surface area contributed by atoms with Crippen molar-refractivity contribution in [3.8, 4) is 11.3 Å². The van der Waals surface area contributed by atoms with E-state index in [0.29, 0.717) is 12.8 Å². The fraction of sp³-hybridized carbons (Fsp3) is 0.120. The van der Waals surface area contributed by atoms with Crippen LogP contribution in [0.15, 0.2) is 88.7 Å². The number of rotatable bonds is 3. The van der Waals surface area contributed by atoms with Gasteiger partial charge in [-0.15, -0.1) is 4.59 Å². The van der Waals surface area contributed by atoms with Crippen molar-refractivity contribution in [1.29, 1.82) is 0 Å². The summed E-state index contributed by atoms with van der Waals surface area (Å²) < 4.78 is -0.00764. The van der Waals surface area contributed by atoms with Crippen LogP contribution in [0.25, 0.3) is 27.9 Å². The molecule has 1 aromatic heterocycles. The minimum atomic E-state index is -0.00764. The van der Waals surface area contributed by atoms with Crippen molar-refractivity contribution < 1.29 is 9.39 Å². The van der Waals surface area contributed by atoms with Crippen molar-refractivity contribution in [2.75, 3.05) is 0 Å². The Bertz CT molecular complexity index is 1360. The summed E-state index contributed by atoms with van der Waals surface area (Å²) in [5.41, 5.74) is 5.45. The third-order valence-electron chi connectivity index (χ3n) is 6.18. The highest BCUT2D eigenvalue weighted by molar-refractivity contribution is 6.05. The van der Waals surface area contributed by atoms with Crippen molar-refractivity contribution in [2.45, 2.75) is 12.8 Å². The zero-order chi connectivity index (χ0) is 21.0. The molecule has 2 aliphatic heterocycles. The number of carbonyl (C=O) groups is 1. The molecule has 2 aromatic carbocycles. The summed E-state index contributed by atoms with van der Waals surface area (Å²) in [6.07, 6.45) is 6.29. The molecule has 6 rings (SSSR count).